The molecule has 8 nitrogen and oxygen atoms in total. The van der Waals surface area contributed by atoms with Gasteiger partial charge in [-0.15, -0.1) is 0 Å². The van der Waals surface area contributed by atoms with Crippen LogP contribution >= 0.6 is 0 Å². The van der Waals surface area contributed by atoms with Crippen molar-refractivity contribution >= 4 is 11.8 Å². The van der Waals surface area contributed by atoms with Gasteiger partial charge in [0.2, 0.25) is 5.43 Å². The molecule has 2 saturated carbocycles. The maximum atomic E-state index is 14.1. The number of hydrogen-bond donors (Lipinski definition) is 2. The topological polar surface area (TPSA) is 101 Å². The molecule has 3 heterocycles. The number of aromatic nitrogens is 1. The van der Waals surface area contributed by atoms with Crippen LogP contribution in [0.3, 0.4) is 0 Å². The van der Waals surface area contributed by atoms with Crippen molar-refractivity contribution in [2.45, 2.75) is 50.7 Å². The molecule has 6 atom stereocenters. The largest absolute Gasteiger partial charge is 0.503 e. The SMILES string of the molecule is C[C@@H](NC(=O)c1cn2c(c(O)c1=O)C(=O)N1C3C[C@H](O[C@@H]1C2)[C@@H]1C[C@H]31)c1ccc(F)cc1F. The van der Waals surface area contributed by atoms with E-state index < -0.39 is 46.9 Å². The smallest absolute Gasteiger partial charge is 0.276 e. The van der Waals surface area contributed by atoms with Gasteiger partial charge in [0.25, 0.3) is 11.8 Å². The van der Waals surface area contributed by atoms with Crippen molar-refractivity contribution in [1.29, 1.82) is 0 Å². The number of amides is 2. The number of fused-ring (bicyclic) bond motifs is 8. The molecule has 6 rings (SSSR count). The maximum Gasteiger partial charge on any atom is 0.276 e. The van der Waals surface area contributed by atoms with Gasteiger partial charge in [0.15, 0.2) is 17.7 Å². The number of ether oxygens (including phenoxy) is 1. The first kappa shape index (κ1) is 20.3. The van der Waals surface area contributed by atoms with Crippen LogP contribution in [-0.2, 0) is 11.3 Å². The number of pyridine rings is 1. The zero-order valence-electron chi connectivity index (χ0n) is 17.6. The van der Waals surface area contributed by atoms with Crippen LogP contribution in [0, 0.1) is 23.5 Å². The molecule has 4 aliphatic rings. The van der Waals surface area contributed by atoms with Crippen LogP contribution in [0.2, 0.25) is 0 Å². The molecule has 2 N–H and O–H groups in total. The van der Waals surface area contributed by atoms with E-state index in [4.69, 9.17) is 4.74 Å². The van der Waals surface area contributed by atoms with Gasteiger partial charge in [0.1, 0.15) is 17.2 Å². The Bertz CT molecular complexity index is 1280. The van der Waals surface area contributed by atoms with E-state index in [1.165, 1.54) is 23.8 Å². The van der Waals surface area contributed by atoms with Crippen LogP contribution < -0.4 is 10.7 Å². The number of nitrogens with one attached hydrogen (secondary N) is 1. The monoisotopic (exact) mass is 457 g/mol. The molecule has 2 amide bonds. The van der Waals surface area contributed by atoms with Gasteiger partial charge in [0, 0.05) is 23.9 Å². The number of benzene rings is 1. The highest BCUT2D eigenvalue weighted by atomic mass is 19.1. The van der Waals surface area contributed by atoms with Gasteiger partial charge in [-0.2, -0.15) is 0 Å². The van der Waals surface area contributed by atoms with E-state index in [1.54, 1.807) is 4.90 Å². The van der Waals surface area contributed by atoms with Crippen LogP contribution in [0.1, 0.15) is 52.2 Å². The van der Waals surface area contributed by atoms with E-state index >= 15 is 0 Å². The summed E-state index contributed by atoms with van der Waals surface area (Å²) in [6.45, 7) is 1.67. The number of rotatable bonds is 3. The molecule has 1 aromatic heterocycles. The number of halogens is 2. The summed E-state index contributed by atoms with van der Waals surface area (Å²) in [5.74, 6) is -2.84. The number of nitrogens with zero attached hydrogens (tertiary/aromatic N) is 2. The van der Waals surface area contributed by atoms with Crippen LogP contribution in [0.25, 0.3) is 0 Å². The summed E-state index contributed by atoms with van der Waals surface area (Å²) in [5, 5.41) is 13.1. The van der Waals surface area contributed by atoms with Crippen molar-refractivity contribution < 1.29 is 28.2 Å². The second-order valence-corrected chi connectivity index (χ2v) is 9.29. The number of carbonyl (C=O) groups excluding carboxylic acids is 2. The van der Waals surface area contributed by atoms with Crippen molar-refractivity contribution in [3.05, 3.63) is 63.1 Å². The summed E-state index contributed by atoms with van der Waals surface area (Å²) >= 11 is 0. The third-order valence-corrected chi connectivity index (χ3v) is 7.40. The van der Waals surface area contributed by atoms with Gasteiger partial charge in [-0.1, -0.05) is 6.07 Å². The van der Waals surface area contributed by atoms with Crippen LogP contribution in [0.5, 0.6) is 5.75 Å². The second kappa shape index (κ2) is 6.86. The Labute approximate surface area is 186 Å². The normalized spacial score (nSPS) is 29.7. The molecule has 2 bridgehead atoms. The highest BCUT2D eigenvalue weighted by Gasteiger charge is 2.63. The van der Waals surface area contributed by atoms with Gasteiger partial charge in [-0.25, -0.2) is 8.78 Å². The highest BCUT2D eigenvalue weighted by Crippen LogP contribution is 2.58. The molecule has 2 aliphatic carbocycles. The first-order valence-electron chi connectivity index (χ1n) is 10.9. The van der Waals surface area contributed by atoms with Crippen LogP contribution in [0.15, 0.2) is 29.2 Å². The zero-order valence-corrected chi connectivity index (χ0v) is 17.6. The lowest BCUT2D eigenvalue weighted by molar-refractivity contribution is -0.144. The summed E-state index contributed by atoms with van der Waals surface area (Å²) in [6.07, 6.45) is 2.61. The minimum Gasteiger partial charge on any atom is -0.503 e. The molecule has 2 aromatic rings. The van der Waals surface area contributed by atoms with Gasteiger partial charge in [-0.05, 0) is 37.7 Å². The third kappa shape index (κ3) is 2.93. The highest BCUT2D eigenvalue weighted by molar-refractivity contribution is 5.99. The lowest BCUT2D eigenvalue weighted by atomic mass is 10.0. The number of carbonyl (C=O) groups is 2. The van der Waals surface area contributed by atoms with E-state index in [2.05, 4.69) is 5.32 Å². The number of aromatic hydroxyl groups is 1. The summed E-state index contributed by atoms with van der Waals surface area (Å²) in [5.41, 5.74) is -1.48. The van der Waals surface area contributed by atoms with E-state index in [0.717, 1.165) is 18.9 Å². The summed E-state index contributed by atoms with van der Waals surface area (Å²) in [7, 11) is 0. The van der Waals surface area contributed by atoms with Crippen molar-refractivity contribution in [1.82, 2.24) is 14.8 Å². The molecular weight excluding hydrogens is 436 g/mol. The molecule has 3 fully saturated rings. The zero-order chi connectivity index (χ0) is 23.2. The van der Waals surface area contributed by atoms with Gasteiger partial charge in [0.05, 0.1) is 18.7 Å². The maximum absolute atomic E-state index is 14.1. The van der Waals surface area contributed by atoms with Crippen molar-refractivity contribution in [2.24, 2.45) is 11.8 Å². The van der Waals surface area contributed by atoms with Gasteiger partial charge < -0.3 is 24.6 Å². The fourth-order valence-corrected chi connectivity index (χ4v) is 5.74. The quantitative estimate of drug-likeness (QED) is 0.734. The first-order chi connectivity index (χ1) is 15.7. The molecule has 0 radical (unpaired) electrons. The Kier molecular flexibility index (Phi) is 4.23. The number of hydrogen-bond acceptors (Lipinski definition) is 5. The molecular formula is C23H21F2N3O5. The molecule has 10 heteroatoms. The average Bonchev–Trinajstić information content (AvgIpc) is 3.51. The molecule has 1 saturated heterocycles. The molecule has 0 spiro atoms. The first-order valence-corrected chi connectivity index (χ1v) is 10.9. The van der Waals surface area contributed by atoms with Crippen LogP contribution in [0.4, 0.5) is 8.78 Å². The van der Waals surface area contributed by atoms with Gasteiger partial charge >= 0.3 is 0 Å². The fraction of sp³-hybridized carbons (Fsp3) is 0.435. The fourth-order valence-electron chi connectivity index (χ4n) is 5.74. The van der Waals surface area contributed by atoms with Crippen molar-refractivity contribution in [2.75, 3.05) is 0 Å². The van der Waals surface area contributed by atoms with E-state index in [9.17, 15) is 28.3 Å². The van der Waals surface area contributed by atoms with E-state index in [-0.39, 0.29) is 35.5 Å². The Balaban J connectivity index is 1.31. The lowest BCUT2D eigenvalue weighted by Crippen LogP contribution is -2.58. The Morgan fingerprint density at radius 1 is 1.24 bits per heavy atom. The molecule has 172 valence electrons. The van der Waals surface area contributed by atoms with Crippen LogP contribution in [-0.4, -0.2) is 44.8 Å². The third-order valence-electron chi connectivity index (χ3n) is 7.40. The van der Waals surface area contributed by atoms with E-state index in [0.29, 0.717) is 17.9 Å². The second-order valence-electron chi connectivity index (χ2n) is 9.29. The minimum atomic E-state index is -0.983. The van der Waals surface area contributed by atoms with Crippen molar-refractivity contribution in [3.8, 4) is 5.75 Å². The summed E-state index contributed by atoms with van der Waals surface area (Å²) < 4.78 is 34.8. The Hall–Kier alpha value is -3.27. The molecule has 33 heavy (non-hydrogen) atoms. The summed E-state index contributed by atoms with van der Waals surface area (Å²) in [6, 6.07) is 2.15. The standard InChI is InChI=1S/C23H21F2N3O5/c1-9(11-3-2-10(24)4-15(11)25)26-22(31)14-7-27-8-18-28(23(32)19(27)21(30)20(14)29)16-6-17(33-18)13-5-12(13)16/h2-4,7,9,12-13,16-18,30H,5-6,8H2,1H3,(H,26,31)/t9-,12+,13-,16?,17+,18-/m1/s1. The predicted molar refractivity (Wildman–Crippen MR) is 109 cm³/mol. The molecule has 1 aromatic carbocycles. The molecule has 2 aliphatic heterocycles. The minimum absolute atomic E-state index is 0.0440. The lowest BCUT2D eigenvalue weighted by Gasteiger charge is -2.45. The van der Waals surface area contributed by atoms with E-state index in [1.807, 2.05) is 0 Å². The molecule has 1 unspecified atom stereocenters. The predicted octanol–water partition coefficient (Wildman–Crippen LogP) is 1.91. The summed E-state index contributed by atoms with van der Waals surface area (Å²) in [4.78, 5) is 40.5. The Morgan fingerprint density at radius 2 is 2.03 bits per heavy atom. The van der Waals surface area contributed by atoms with Crippen molar-refractivity contribution in [3.63, 3.8) is 0 Å². The Morgan fingerprint density at radius 3 is 2.79 bits per heavy atom. The average molecular weight is 457 g/mol. The van der Waals surface area contributed by atoms with Gasteiger partial charge in [-0.3, -0.25) is 14.4 Å².